The summed E-state index contributed by atoms with van der Waals surface area (Å²) < 4.78 is 15.1. The molecule has 1 aliphatic heterocycles. The first kappa shape index (κ1) is 14.3. The molecule has 0 radical (unpaired) electrons. The predicted octanol–water partition coefficient (Wildman–Crippen LogP) is 1.80. The third-order valence-corrected chi connectivity index (χ3v) is 3.06. The summed E-state index contributed by atoms with van der Waals surface area (Å²) in [6, 6.07) is 3.97. The van der Waals surface area contributed by atoms with Crippen LogP contribution in [0.25, 0.3) is 0 Å². The molecule has 1 saturated heterocycles. The molecule has 0 saturated carbocycles. The molecule has 1 aromatic rings. The molecule has 1 aromatic carbocycles. The molecule has 0 amide bonds. The largest absolute Gasteiger partial charge is 0.490 e. The molecule has 0 aliphatic carbocycles. The van der Waals surface area contributed by atoms with Crippen LogP contribution in [0.5, 0.6) is 5.75 Å². The maximum absolute atomic E-state index is 11.9. The smallest absolute Gasteiger partial charge is 0.338 e. The van der Waals surface area contributed by atoms with Gasteiger partial charge in [0.1, 0.15) is 6.61 Å². The van der Waals surface area contributed by atoms with E-state index in [-0.39, 0.29) is 29.0 Å². The van der Waals surface area contributed by atoms with E-state index >= 15 is 0 Å². The Balaban J connectivity index is 2.09. The number of esters is 1. The van der Waals surface area contributed by atoms with Gasteiger partial charge in [-0.3, -0.25) is 10.1 Å². The zero-order chi connectivity index (χ0) is 14.8. The Labute approximate surface area is 115 Å². The van der Waals surface area contributed by atoms with E-state index in [2.05, 4.69) is 0 Å². The average Bonchev–Trinajstić information content (AvgIpc) is 2.41. The Morgan fingerprint density at radius 3 is 2.70 bits per heavy atom. The molecule has 0 unspecified atom stereocenters. The Morgan fingerprint density at radius 1 is 1.50 bits per heavy atom. The van der Waals surface area contributed by atoms with Crippen LogP contribution in [-0.2, 0) is 9.47 Å². The zero-order valence-electron chi connectivity index (χ0n) is 11.3. The molecule has 1 fully saturated rings. The quantitative estimate of drug-likeness (QED) is 0.464. The fourth-order valence-corrected chi connectivity index (χ4v) is 1.82. The lowest BCUT2D eigenvalue weighted by Crippen LogP contribution is -2.44. The third kappa shape index (κ3) is 2.88. The zero-order valence-corrected chi connectivity index (χ0v) is 11.3. The summed E-state index contributed by atoms with van der Waals surface area (Å²) in [6.07, 6.45) is 0. The highest BCUT2D eigenvalue weighted by atomic mass is 16.6. The molecule has 0 N–H and O–H groups in total. The van der Waals surface area contributed by atoms with Crippen LogP contribution in [0.2, 0.25) is 0 Å². The second kappa shape index (κ2) is 5.46. The molecule has 0 aromatic heterocycles. The number of hydrogen-bond donors (Lipinski definition) is 0. The summed E-state index contributed by atoms with van der Waals surface area (Å²) in [4.78, 5) is 22.2. The number of carbonyl (C=O) groups excluding carboxylic acids is 1. The standard InChI is InChI=1S/C13H15NO6/c1-13(6-19-7-13)8-20-12(15)9-3-4-11(18-2)10(5-9)14(16)17/h3-5H,6-8H2,1-2H3. The summed E-state index contributed by atoms with van der Waals surface area (Å²) in [5.74, 6) is -0.491. The Kier molecular flexibility index (Phi) is 3.89. The minimum absolute atomic E-state index is 0.103. The molecule has 108 valence electrons. The van der Waals surface area contributed by atoms with Crippen LogP contribution in [0.4, 0.5) is 5.69 Å². The van der Waals surface area contributed by atoms with E-state index < -0.39 is 10.9 Å². The first-order valence-corrected chi connectivity index (χ1v) is 6.02. The van der Waals surface area contributed by atoms with Crippen LogP contribution < -0.4 is 4.74 Å². The van der Waals surface area contributed by atoms with E-state index in [0.717, 1.165) is 6.07 Å². The summed E-state index contributed by atoms with van der Waals surface area (Å²) in [5, 5.41) is 10.9. The van der Waals surface area contributed by atoms with Crippen molar-refractivity contribution < 1.29 is 23.9 Å². The number of nitro benzene ring substituents is 1. The maximum atomic E-state index is 11.9. The van der Waals surface area contributed by atoms with E-state index in [1.165, 1.54) is 19.2 Å². The van der Waals surface area contributed by atoms with E-state index in [1.54, 1.807) is 0 Å². The summed E-state index contributed by atoms with van der Waals surface area (Å²) in [7, 11) is 1.33. The van der Waals surface area contributed by atoms with Crippen LogP contribution >= 0.6 is 0 Å². The molecule has 1 aliphatic rings. The minimum Gasteiger partial charge on any atom is -0.490 e. The summed E-state index contributed by atoms with van der Waals surface area (Å²) in [5.41, 5.74) is -0.296. The van der Waals surface area contributed by atoms with Crippen molar-refractivity contribution in [2.45, 2.75) is 6.92 Å². The van der Waals surface area contributed by atoms with Crippen LogP contribution in [0.15, 0.2) is 18.2 Å². The van der Waals surface area contributed by atoms with Crippen molar-refractivity contribution in [3.05, 3.63) is 33.9 Å². The van der Waals surface area contributed by atoms with Crippen LogP contribution in [0.3, 0.4) is 0 Å². The van der Waals surface area contributed by atoms with Crippen molar-refractivity contribution in [3.8, 4) is 5.75 Å². The van der Waals surface area contributed by atoms with Crippen LogP contribution in [0, 0.1) is 15.5 Å². The predicted molar refractivity (Wildman–Crippen MR) is 68.9 cm³/mol. The second-order valence-electron chi connectivity index (χ2n) is 5.02. The van der Waals surface area contributed by atoms with Gasteiger partial charge < -0.3 is 14.2 Å². The lowest BCUT2D eigenvalue weighted by molar-refractivity contribution is -0.385. The number of benzene rings is 1. The van der Waals surface area contributed by atoms with Crippen molar-refractivity contribution in [1.82, 2.24) is 0 Å². The van der Waals surface area contributed by atoms with E-state index in [1.807, 2.05) is 6.92 Å². The van der Waals surface area contributed by atoms with Crippen molar-refractivity contribution in [2.24, 2.45) is 5.41 Å². The molecule has 0 bridgehead atoms. The Morgan fingerprint density at radius 2 is 2.20 bits per heavy atom. The topological polar surface area (TPSA) is 87.9 Å². The number of hydrogen-bond acceptors (Lipinski definition) is 6. The molecular weight excluding hydrogens is 266 g/mol. The van der Waals surface area contributed by atoms with Crippen LogP contribution in [-0.4, -0.2) is 37.8 Å². The van der Waals surface area contributed by atoms with Gasteiger partial charge >= 0.3 is 11.7 Å². The van der Waals surface area contributed by atoms with Gasteiger partial charge in [0, 0.05) is 11.5 Å². The van der Waals surface area contributed by atoms with Gasteiger partial charge in [-0.25, -0.2) is 4.79 Å². The monoisotopic (exact) mass is 281 g/mol. The molecule has 1 heterocycles. The fraction of sp³-hybridized carbons (Fsp3) is 0.462. The first-order valence-electron chi connectivity index (χ1n) is 6.02. The highest BCUT2D eigenvalue weighted by Crippen LogP contribution is 2.29. The van der Waals surface area contributed by atoms with Crippen molar-refractivity contribution >= 4 is 11.7 Å². The molecular formula is C13H15NO6. The highest BCUT2D eigenvalue weighted by molar-refractivity contribution is 5.90. The summed E-state index contributed by atoms with van der Waals surface area (Å²) >= 11 is 0. The third-order valence-electron chi connectivity index (χ3n) is 3.06. The average molecular weight is 281 g/mol. The van der Waals surface area contributed by atoms with Gasteiger partial charge in [0.15, 0.2) is 5.75 Å². The van der Waals surface area contributed by atoms with Gasteiger partial charge in [-0.05, 0) is 12.1 Å². The molecule has 2 rings (SSSR count). The Bertz CT molecular complexity index is 538. The van der Waals surface area contributed by atoms with E-state index in [4.69, 9.17) is 14.2 Å². The first-order chi connectivity index (χ1) is 9.45. The molecule has 7 heteroatoms. The lowest BCUT2D eigenvalue weighted by atomic mass is 9.90. The second-order valence-corrected chi connectivity index (χ2v) is 5.02. The van der Waals surface area contributed by atoms with Gasteiger partial charge in [-0.1, -0.05) is 6.92 Å². The Hall–Kier alpha value is -2.15. The van der Waals surface area contributed by atoms with Crippen molar-refractivity contribution in [2.75, 3.05) is 26.9 Å². The molecule has 20 heavy (non-hydrogen) atoms. The van der Waals surface area contributed by atoms with Gasteiger partial charge in [0.05, 0.1) is 30.8 Å². The van der Waals surface area contributed by atoms with E-state index in [9.17, 15) is 14.9 Å². The van der Waals surface area contributed by atoms with Crippen LogP contribution in [0.1, 0.15) is 17.3 Å². The van der Waals surface area contributed by atoms with Crippen molar-refractivity contribution in [3.63, 3.8) is 0 Å². The van der Waals surface area contributed by atoms with Gasteiger partial charge in [0.25, 0.3) is 0 Å². The van der Waals surface area contributed by atoms with Gasteiger partial charge in [-0.2, -0.15) is 0 Å². The molecule has 0 spiro atoms. The molecule has 0 atom stereocenters. The van der Waals surface area contributed by atoms with Crippen molar-refractivity contribution in [1.29, 1.82) is 0 Å². The normalized spacial score (nSPS) is 16.1. The maximum Gasteiger partial charge on any atom is 0.338 e. The fourth-order valence-electron chi connectivity index (χ4n) is 1.82. The highest BCUT2D eigenvalue weighted by Gasteiger charge is 2.35. The minimum atomic E-state index is -0.601. The summed E-state index contributed by atoms with van der Waals surface area (Å²) in [6.45, 7) is 3.26. The van der Waals surface area contributed by atoms with Gasteiger partial charge in [0.2, 0.25) is 0 Å². The number of nitrogens with zero attached hydrogens (tertiary/aromatic N) is 1. The number of ether oxygens (including phenoxy) is 3. The molecule has 7 nitrogen and oxygen atoms in total. The number of carbonyl (C=O) groups is 1. The number of methoxy groups -OCH3 is 1. The SMILES string of the molecule is COc1ccc(C(=O)OCC2(C)COC2)cc1[N+](=O)[O-]. The number of nitro groups is 1. The van der Waals surface area contributed by atoms with E-state index in [0.29, 0.717) is 13.2 Å². The number of rotatable bonds is 5. The lowest BCUT2D eigenvalue weighted by Gasteiger charge is -2.37. The van der Waals surface area contributed by atoms with Gasteiger partial charge in [-0.15, -0.1) is 0 Å².